The van der Waals surface area contributed by atoms with E-state index in [2.05, 4.69) is 22.1 Å². The molecule has 1 atom stereocenters. The molecule has 0 radical (unpaired) electrons. The maximum atomic E-state index is 13.9. The molecular weight excluding hydrogens is 445 g/mol. The molecule has 3 aromatic rings. The molecule has 2 aromatic carbocycles. The first-order chi connectivity index (χ1) is 16.0. The Kier molecular flexibility index (Phi) is 6.74. The van der Waals surface area contributed by atoms with Gasteiger partial charge in [0.05, 0.1) is 16.6 Å². The van der Waals surface area contributed by atoms with Crippen LogP contribution in [0.2, 0.25) is 0 Å². The van der Waals surface area contributed by atoms with Crippen LogP contribution in [0.4, 0.5) is 15.8 Å². The Bertz CT molecular complexity index is 1200. The molecule has 0 bridgehead atoms. The zero-order valence-corrected chi connectivity index (χ0v) is 18.7. The zero-order chi connectivity index (χ0) is 23.4. The molecule has 33 heavy (non-hydrogen) atoms. The standard InChI is InChI=1S/C23H22FN5O3S/c1-3-12-28-20(14-32-19-11-7-4-8-16(19)24)26-27-23(28)33-15(2)22(31)29-13-21(30)25-17-9-5-6-10-18(17)29/h3-11,15H,1,12-14H2,2H3,(H,25,30). The third-order valence-electron chi connectivity index (χ3n) is 4.97. The Morgan fingerprint density at radius 3 is 2.82 bits per heavy atom. The van der Waals surface area contributed by atoms with Gasteiger partial charge < -0.3 is 10.1 Å². The second-order valence-corrected chi connectivity index (χ2v) is 8.57. The topological polar surface area (TPSA) is 89.3 Å². The molecule has 2 amide bonds. The summed E-state index contributed by atoms with van der Waals surface area (Å²) in [4.78, 5) is 26.8. The molecule has 170 valence electrons. The number of thioether (sulfide) groups is 1. The quantitative estimate of drug-likeness (QED) is 0.402. The van der Waals surface area contributed by atoms with Gasteiger partial charge in [-0.25, -0.2) is 4.39 Å². The molecule has 8 nitrogen and oxygen atoms in total. The van der Waals surface area contributed by atoms with Crippen LogP contribution < -0.4 is 15.0 Å². The fourth-order valence-electron chi connectivity index (χ4n) is 3.39. The van der Waals surface area contributed by atoms with E-state index in [-0.39, 0.29) is 30.7 Å². The van der Waals surface area contributed by atoms with Gasteiger partial charge in [-0.05, 0) is 31.2 Å². The van der Waals surface area contributed by atoms with Crippen LogP contribution in [0.3, 0.4) is 0 Å². The lowest BCUT2D eigenvalue weighted by atomic mass is 10.2. The van der Waals surface area contributed by atoms with E-state index in [4.69, 9.17) is 4.74 Å². The molecule has 0 aliphatic carbocycles. The number of nitrogens with one attached hydrogen (secondary N) is 1. The predicted molar refractivity (Wildman–Crippen MR) is 124 cm³/mol. The number of carbonyl (C=O) groups is 2. The normalized spacial score (nSPS) is 13.8. The Morgan fingerprint density at radius 1 is 1.27 bits per heavy atom. The van der Waals surface area contributed by atoms with Gasteiger partial charge in [0.2, 0.25) is 11.8 Å². The number of anilines is 2. The number of hydrogen-bond donors (Lipinski definition) is 1. The Balaban J connectivity index is 1.50. The fourth-order valence-corrected chi connectivity index (χ4v) is 4.33. The van der Waals surface area contributed by atoms with Crippen molar-refractivity contribution in [1.29, 1.82) is 0 Å². The van der Waals surface area contributed by atoms with E-state index in [1.807, 2.05) is 6.07 Å². The maximum absolute atomic E-state index is 13.9. The summed E-state index contributed by atoms with van der Waals surface area (Å²) in [6.07, 6.45) is 1.68. The lowest BCUT2D eigenvalue weighted by Crippen LogP contribution is -2.45. The minimum absolute atomic E-state index is 0.00430. The number of carbonyl (C=O) groups excluding carboxylic acids is 2. The van der Waals surface area contributed by atoms with Crippen LogP contribution in [0, 0.1) is 5.82 Å². The average molecular weight is 468 g/mol. The molecule has 0 saturated carbocycles. The molecule has 0 spiro atoms. The number of hydrogen-bond acceptors (Lipinski definition) is 6. The second kappa shape index (κ2) is 9.86. The highest BCUT2D eigenvalue weighted by Gasteiger charge is 2.31. The molecular formula is C23H22FN5O3S. The first-order valence-corrected chi connectivity index (χ1v) is 11.1. The fraction of sp³-hybridized carbons (Fsp3) is 0.217. The third-order valence-corrected chi connectivity index (χ3v) is 6.03. The Morgan fingerprint density at radius 2 is 2.03 bits per heavy atom. The maximum Gasteiger partial charge on any atom is 0.244 e. The van der Waals surface area contributed by atoms with Gasteiger partial charge in [-0.1, -0.05) is 42.1 Å². The van der Waals surface area contributed by atoms with Crippen molar-refractivity contribution < 1.29 is 18.7 Å². The number of rotatable bonds is 8. The highest BCUT2D eigenvalue weighted by atomic mass is 32.2. The summed E-state index contributed by atoms with van der Waals surface area (Å²) in [6.45, 7) is 5.86. The van der Waals surface area contributed by atoms with Gasteiger partial charge in [0.15, 0.2) is 22.5 Å². The van der Waals surface area contributed by atoms with Gasteiger partial charge in [-0.15, -0.1) is 16.8 Å². The Hall–Kier alpha value is -3.66. The van der Waals surface area contributed by atoms with Gasteiger partial charge >= 0.3 is 0 Å². The molecule has 2 heterocycles. The van der Waals surface area contributed by atoms with Gasteiger partial charge in [-0.2, -0.15) is 0 Å². The van der Waals surface area contributed by atoms with Gasteiger partial charge in [0.1, 0.15) is 13.2 Å². The van der Waals surface area contributed by atoms with Gasteiger partial charge in [0.25, 0.3) is 0 Å². The molecule has 10 heteroatoms. The minimum atomic E-state index is -0.544. The van der Waals surface area contributed by atoms with Crippen molar-refractivity contribution in [2.75, 3.05) is 16.8 Å². The monoisotopic (exact) mass is 467 g/mol. The van der Waals surface area contributed by atoms with E-state index in [0.29, 0.717) is 28.9 Å². The predicted octanol–water partition coefficient (Wildman–Crippen LogP) is 3.65. The lowest BCUT2D eigenvalue weighted by molar-refractivity contribution is -0.121. The van der Waals surface area contributed by atoms with E-state index in [9.17, 15) is 14.0 Å². The van der Waals surface area contributed by atoms with Crippen LogP contribution in [0.25, 0.3) is 0 Å². The number of para-hydroxylation sites is 3. The SMILES string of the molecule is C=CCn1c(COc2ccccc2F)nnc1SC(C)C(=O)N1CC(=O)Nc2ccccc21. The summed E-state index contributed by atoms with van der Waals surface area (Å²) in [7, 11) is 0. The highest BCUT2D eigenvalue weighted by Crippen LogP contribution is 2.32. The molecule has 1 N–H and O–H groups in total. The van der Waals surface area contributed by atoms with E-state index in [1.165, 1.54) is 28.8 Å². The highest BCUT2D eigenvalue weighted by molar-refractivity contribution is 8.00. The summed E-state index contributed by atoms with van der Waals surface area (Å²) < 4.78 is 21.2. The van der Waals surface area contributed by atoms with E-state index in [1.54, 1.807) is 47.9 Å². The van der Waals surface area contributed by atoms with Crippen molar-refractivity contribution in [3.63, 3.8) is 0 Å². The van der Waals surface area contributed by atoms with E-state index in [0.717, 1.165) is 0 Å². The van der Waals surface area contributed by atoms with Crippen molar-refractivity contribution in [2.24, 2.45) is 0 Å². The van der Waals surface area contributed by atoms with Crippen LogP contribution in [0.5, 0.6) is 5.75 Å². The summed E-state index contributed by atoms with van der Waals surface area (Å²) in [6, 6.07) is 13.3. The van der Waals surface area contributed by atoms with Gasteiger partial charge in [0, 0.05) is 6.54 Å². The minimum Gasteiger partial charge on any atom is -0.483 e. The first-order valence-electron chi connectivity index (χ1n) is 10.2. The van der Waals surface area contributed by atoms with Gasteiger partial charge in [-0.3, -0.25) is 19.1 Å². The number of halogens is 1. The molecule has 1 aromatic heterocycles. The lowest BCUT2D eigenvalue weighted by Gasteiger charge is -2.30. The first kappa shape index (κ1) is 22.5. The molecule has 4 rings (SSSR count). The van der Waals surface area contributed by atoms with E-state index < -0.39 is 11.1 Å². The largest absolute Gasteiger partial charge is 0.483 e. The van der Waals surface area contributed by atoms with Crippen molar-refractivity contribution >= 4 is 35.0 Å². The summed E-state index contributed by atoms with van der Waals surface area (Å²) >= 11 is 1.22. The third kappa shape index (κ3) is 4.90. The number of fused-ring (bicyclic) bond motifs is 1. The Labute approximate surface area is 194 Å². The summed E-state index contributed by atoms with van der Waals surface area (Å²) in [5.41, 5.74) is 1.25. The van der Waals surface area contributed by atoms with Crippen LogP contribution >= 0.6 is 11.8 Å². The number of aromatic nitrogens is 3. The number of allylic oxidation sites excluding steroid dienone is 1. The average Bonchev–Trinajstić information content (AvgIpc) is 3.18. The number of amides is 2. The van der Waals surface area contributed by atoms with Crippen LogP contribution in [0.15, 0.2) is 66.3 Å². The smallest absolute Gasteiger partial charge is 0.244 e. The van der Waals surface area contributed by atoms with Crippen LogP contribution in [0.1, 0.15) is 12.7 Å². The number of nitrogens with zero attached hydrogens (tertiary/aromatic N) is 4. The molecule has 0 saturated heterocycles. The van der Waals surface area contributed by atoms with E-state index >= 15 is 0 Å². The molecule has 1 aliphatic rings. The number of benzene rings is 2. The van der Waals surface area contributed by atoms with Crippen LogP contribution in [-0.2, 0) is 22.7 Å². The molecule has 1 unspecified atom stereocenters. The number of ether oxygens (including phenoxy) is 1. The second-order valence-electron chi connectivity index (χ2n) is 7.27. The van der Waals surface area contributed by atoms with Crippen LogP contribution in [-0.4, -0.2) is 38.4 Å². The van der Waals surface area contributed by atoms with Crippen molar-refractivity contribution in [3.8, 4) is 5.75 Å². The van der Waals surface area contributed by atoms with Crippen molar-refractivity contribution in [3.05, 3.63) is 72.8 Å². The van der Waals surface area contributed by atoms with Crippen molar-refractivity contribution in [2.45, 2.75) is 30.5 Å². The van der Waals surface area contributed by atoms with Crippen molar-refractivity contribution in [1.82, 2.24) is 14.8 Å². The summed E-state index contributed by atoms with van der Waals surface area (Å²) in [5.74, 6) is -0.346. The summed E-state index contributed by atoms with van der Waals surface area (Å²) in [5, 5.41) is 11.1. The molecule has 0 fully saturated rings. The molecule has 1 aliphatic heterocycles. The zero-order valence-electron chi connectivity index (χ0n) is 17.9.